The van der Waals surface area contributed by atoms with Crippen molar-refractivity contribution in [2.24, 2.45) is 0 Å². The van der Waals surface area contributed by atoms with E-state index in [0.717, 1.165) is 10.5 Å². The van der Waals surface area contributed by atoms with Gasteiger partial charge in [0.15, 0.2) is 34.9 Å². The maximum absolute atomic E-state index is 14.7. The lowest BCUT2D eigenvalue weighted by Crippen LogP contribution is -2.09. The number of benzene rings is 4. The SMILES string of the molecule is CC(C)(C)Sc1ccc(-c2ccc(Oc3c(F)c(F)c(-c4c(F)c(F)c(F)c(F)c4F)c(F)c3F)cc2)cc1. The molecule has 0 heterocycles. The molecule has 0 unspecified atom stereocenters. The summed E-state index contributed by atoms with van der Waals surface area (Å²) in [5.41, 5.74) is -2.81. The minimum atomic E-state index is -2.63. The van der Waals surface area contributed by atoms with Gasteiger partial charge in [-0.05, 0) is 35.4 Å². The highest BCUT2D eigenvalue weighted by Gasteiger charge is 2.35. The third kappa shape index (κ3) is 5.45. The van der Waals surface area contributed by atoms with Gasteiger partial charge in [0.25, 0.3) is 0 Å². The van der Waals surface area contributed by atoms with E-state index in [0.29, 0.717) is 5.56 Å². The van der Waals surface area contributed by atoms with E-state index in [9.17, 15) is 39.5 Å². The minimum Gasteiger partial charge on any atom is -0.451 e. The van der Waals surface area contributed by atoms with Crippen molar-refractivity contribution in [2.75, 3.05) is 0 Å². The predicted octanol–water partition coefficient (Wildman–Crippen LogP) is 9.96. The van der Waals surface area contributed by atoms with Crippen LogP contribution < -0.4 is 4.74 Å². The summed E-state index contributed by atoms with van der Waals surface area (Å²) in [6.07, 6.45) is 0. The van der Waals surface area contributed by atoms with Crippen molar-refractivity contribution in [1.29, 1.82) is 0 Å². The first-order valence-electron chi connectivity index (χ1n) is 11.2. The fraction of sp³-hybridized carbons (Fsp3) is 0.143. The van der Waals surface area contributed by atoms with Gasteiger partial charge in [0.1, 0.15) is 5.75 Å². The van der Waals surface area contributed by atoms with Gasteiger partial charge in [-0.25, -0.2) is 30.7 Å². The van der Waals surface area contributed by atoms with Crippen LogP contribution >= 0.6 is 11.8 Å². The molecular formula is C28H17F9OS. The van der Waals surface area contributed by atoms with Crippen LogP contribution in [0.5, 0.6) is 11.5 Å². The molecule has 0 bridgehead atoms. The van der Waals surface area contributed by atoms with E-state index in [2.05, 4.69) is 20.8 Å². The molecule has 0 aliphatic rings. The molecule has 0 fully saturated rings. The van der Waals surface area contributed by atoms with Gasteiger partial charge in [0.2, 0.25) is 23.2 Å². The van der Waals surface area contributed by atoms with E-state index in [1.807, 2.05) is 24.3 Å². The normalized spacial score (nSPS) is 11.7. The molecule has 4 rings (SSSR count). The lowest BCUT2D eigenvalue weighted by atomic mass is 10.0. The Morgan fingerprint density at radius 3 is 1.26 bits per heavy atom. The van der Waals surface area contributed by atoms with E-state index in [4.69, 9.17) is 4.74 Å². The van der Waals surface area contributed by atoms with E-state index in [1.165, 1.54) is 24.3 Å². The highest BCUT2D eigenvalue weighted by Crippen LogP contribution is 2.41. The quantitative estimate of drug-likeness (QED) is 0.102. The van der Waals surface area contributed by atoms with Crippen LogP contribution in [0.3, 0.4) is 0 Å². The number of ether oxygens (including phenoxy) is 1. The van der Waals surface area contributed by atoms with Crippen LogP contribution in [-0.4, -0.2) is 4.75 Å². The van der Waals surface area contributed by atoms with Crippen molar-refractivity contribution in [3.63, 3.8) is 0 Å². The van der Waals surface area contributed by atoms with Crippen molar-refractivity contribution >= 4 is 11.8 Å². The van der Waals surface area contributed by atoms with Crippen LogP contribution in [0, 0.1) is 52.4 Å². The average molecular weight is 572 g/mol. The molecular weight excluding hydrogens is 555 g/mol. The molecule has 0 saturated carbocycles. The molecule has 204 valence electrons. The molecule has 0 aromatic heterocycles. The Labute approximate surface area is 221 Å². The Kier molecular flexibility index (Phi) is 7.66. The van der Waals surface area contributed by atoms with Crippen LogP contribution in [0.2, 0.25) is 0 Å². The first-order valence-corrected chi connectivity index (χ1v) is 12.0. The molecule has 0 aliphatic heterocycles. The van der Waals surface area contributed by atoms with Crippen LogP contribution in [0.25, 0.3) is 22.3 Å². The fourth-order valence-electron chi connectivity index (χ4n) is 3.65. The molecule has 0 N–H and O–H groups in total. The summed E-state index contributed by atoms with van der Waals surface area (Å²) in [5, 5.41) is 0. The number of rotatable bonds is 5. The lowest BCUT2D eigenvalue weighted by molar-refractivity contribution is 0.363. The third-order valence-electron chi connectivity index (χ3n) is 5.37. The van der Waals surface area contributed by atoms with Gasteiger partial charge in [-0.3, -0.25) is 0 Å². The maximum Gasteiger partial charge on any atom is 0.205 e. The molecule has 0 spiro atoms. The molecule has 0 aliphatic carbocycles. The first kappa shape index (κ1) is 28.4. The third-order valence-corrected chi connectivity index (χ3v) is 6.49. The summed E-state index contributed by atoms with van der Waals surface area (Å²) in [5.74, 6) is -24.3. The Bertz CT molecular complexity index is 1500. The van der Waals surface area contributed by atoms with Crippen LogP contribution in [-0.2, 0) is 0 Å². The highest BCUT2D eigenvalue weighted by molar-refractivity contribution is 8.00. The zero-order valence-corrected chi connectivity index (χ0v) is 21.2. The second-order valence-electron chi connectivity index (χ2n) is 9.27. The summed E-state index contributed by atoms with van der Waals surface area (Å²) < 4.78 is 132. The molecule has 0 saturated heterocycles. The topological polar surface area (TPSA) is 9.23 Å². The van der Waals surface area contributed by atoms with Gasteiger partial charge in [0, 0.05) is 9.64 Å². The van der Waals surface area contributed by atoms with Gasteiger partial charge in [-0.1, -0.05) is 45.0 Å². The lowest BCUT2D eigenvalue weighted by Gasteiger charge is -2.17. The molecule has 39 heavy (non-hydrogen) atoms. The maximum atomic E-state index is 14.7. The van der Waals surface area contributed by atoms with Crippen molar-refractivity contribution < 1.29 is 44.3 Å². The Hall–Kier alpha value is -3.60. The Morgan fingerprint density at radius 2 is 0.846 bits per heavy atom. The Morgan fingerprint density at radius 1 is 0.487 bits per heavy atom. The summed E-state index contributed by atoms with van der Waals surface area (Å²) in [7, 11) is 0. The van der Waals surface area contributed by atoms with E-state index < -0.39 is 69.2 Å². The summed E-state index contributed by atoms with van der Waals surface area (Å²) in [4.78, 5) is 1.04. The fourth-order valence-corrected chi connectivity index (χ4v) is 4.63. The number of halogens is 9. The first-order chi connectivity index (χ1) is 18.2. The van der Waals surface area contributed by atoms with E-state index in [-0.39, 0.29) is 10.5 Å². The molecule has 11 heteroatoms. The number of thioether (sulfide) groups is 1. The smallest absolute Gasteiger partial charge is 0.205 e. The van der Waals surface area contributed by atoms with Crippen LogP contribution in [0.1, 0.15) is 20.8 Å². The van der Waals surface area contributed by atoms with Crippen LogP contribution in [0.4, 0.5) is 39.5 Å². The minimum absolute atomic E-state index is 0.00984. The summed E-state index contributed by atoms with van der Waals surface area (Å²) in [6.45, 7) is 6.21. The summed E-state index contributed by atoms with van der Waals surface area (Å²) >= 11 is 1.67. The molecule has 0 radical (unpaired) electrons. The molecule has 0 atom stereocenters. The van der Waals surface area contributed by atoms with Crippen molar-refractivity contribution in [2.45, 2.75) is 30.4 Å². The van der Waals surface area contributed by atoms with Crippen molar-refractivity contribution in [3.05, 3.63) is 101 Å². The van der Waals surface area contributed by atoms with Gasteiger partial charge < -0.3 is 4.74 Å². The van der Waals surface area contributed by atoms with Gasteiger partial charge in [0.05, 0.1) is 11.1 Å². The predicted molar refractivity (Wildman–Crippen MR) is 129 cm³/mol. The van der Waals surface area contributed by atoms with Crippen LogP contribution in [0.15, 0.2) is 53.4 Å². The molecule has 4 aromatic rings. The van der Waals surface area contributed by atoms with Crippen molar-refractivity contribution in [1.82, 2.24) is 0 Å². The van der Waals surface area contributed by atoms with Gasteiger partial charge in [-0.2, -0.15) is 8.78 Å². The monoisotopic (exact) mass is 572 g/mol. The number of hydrogen-bond donors (Lipinski definition) is 0. The second kappa shape index (κ2) is 10.5. The number of hydrogen-bond acceptors (Lipinski definition) is 2. The average Bonchev–Trinajstić information content (AvgIpc) is 2.89. The molecule has 1 nitrogen and oxygen atoms in total. The van der Waals surface area contributed by atoms with Crippen molar-refractivity contribution in [3.8, 4) is 33.8 Å². The zero-order valence-electron chi connectivity index (χ0n) is 20.3. The van der Waals surface area contributed by atoms with E-state index >= 15 is 0 Å². The molecule has 0 amide bonds. The Balaban J connectivity index is 1.67. The largest absolute Gasteiger partial charge is 0.451 e. The second-order valence-corrected chi connectivity index (χ2v) is 11.2. The van der Waals surface area contributed by atoms with Gasteiger partial charge in [-0.15, -0.1) is 11.8 Å². The summed E-state index contributed by atoms with van der Waals surface area (Å²) in [6, 6.07) is 13.0. The molecule has 4 aromatic carbocycles. The standard InChI is InChI=1S/C28H17F9OS/c1-28(2,3)39-15-10-6-13(7-11-15)12-4-8-14(9-5-12)38-27-25(36)20(31)17(21(32)26(27)37)16-18(29)22(33)24(35)23(34)19(16)30/h4-11H,1-3H3. The highest BCUT2D eigenvalue weighted by atomic mass is 32.2. The van der Waals surface area contributed by atoms with Gasteiger partial charge >= 0.3 is 0 Å². The zero-order chi connectivity index (χ0) is 28.8. The van der Waals surface area contributed by atoms with E-state index in [1.54, 1.807) is 11.8 Å².